The lowest BCUT2D eigenvalue weighted by atomic mass is 9.94. The predicted octanol–water partition coefficient (Wildman–Crippen LogP) is 9.99. The molecule has 1 aliphatic heterocycles. The third-order valence-corrected chi connectivity index (χ3v) is 7.69. The van der Waals surface area contributed by atoms with Gasteiger partial charge in [0.25, 0.3) is 0 Å². The summed E-state index contributed by atoms with van der Waals surface area (Å²) in [7, 11) is 0. The summed E-state index contributed by atoms with van der Waals surface area (Å²) in [6.07, 6.45) is 10.0. The molecule has 1 aliphatic rings. The van der Waals surface area contributed by atoms with E-state index >= 15 is 4.39 Å². The molecule has 0 saturated carbocycles. The molecule has 0 radical (unpaired) electrons. The zero-order chi connectivity index (χ0) is 27.6. The SMILES string of the molecule is CCCCCCCc1ccc(-c2ccc(-c3ccc(C4COC(CCCCC)OC4)cc3F)cc2)c(F)c1F. The summed E-state index contributed by atoms with van der Waals surface area (Å²) in [4.78, 5) is 0. The first-order valence-corrected chi connectivity index (χ1v) is 14.6. The smallest absolute Gasteiger partial charge is 0.166 e. The lowest BCUT2D eigenvalue weighted by molar-refractivity contribution is -0.190. The molecule has 0 amide bonds. The standard InChI is InChI=1S/C34H41F3O2/c1-3-5-7-8-10-11-26-17-20-30(34(37)33(26)36)25-15-13-24(14-16-25)29-19-18-27(21-31(29)35)28-22-38-32(39-23-28)12-9-6-4-2/h13-21,28,32H,3-12,22-23H2,1-2H3. The van der Waals surface area contributed by atoms with E-state index in [1.54, 1.807) is 48.5 Å². The van der Waals surface area contributed by atoms with Crippen LogP contribution in [0, 0.1) is 17.5 Å². The molecular formula is C34H41F3O2. The summed E-state index contributed by atoms with van der Waals surface area (Å²) in [5.41, 5.74) is 3.20. The fraction of sp³-hybridized carbons (Fsp3) is 0.471. The first kappa shape index (κ1) is 29.4. The van der Waals surface area contributed by atoms with E-state index in [1.165, 1.54) is 6.42 Å². The maximum Gasteiger partial charge on any atom is 0.166 e. The molecular weight excluding hydrogens is 497 g/mol. The number of benzene rings is 3. The molecule has 0 spiro atoms. The second-order valence-corrected chi connectivity index (χ2v) is 10.7. The topological polar surface area (TPSA) is 18.5 Å². The molecule has 4 rings (SSSR count). The Morgan fingerprint density at radius 2 is 1.28 bits per heavy atom. The van der Waals surface area contributed by atoms with Gasteiger partial charge in [0.15, 0.2) is 17.9 Å². The molecule has 1 fully saturated rings. The van der Waals surface area contributed by atoms with Crippen molar-refractivity contribution in [2.24, 2.45) is 0 Å². The molecule has 1 heterocycles. The Kier molecular flexibility index (Phi) is 11.0. The number of rotatable bonds is 13. The minimum Gasteiger partial charge on any atom is -0.352 e. The Bertz CT molecular complexity index is 1180. The maximum absolute atomic E-state index is 15.1. The van der Waals surface area contributed by atoms with Crippen molar-refractivity contribution in [3.8, 4) is 22.3 Å². The molecule has 0 aromatic heterocycles. The van der Waals surface area contributed by atoms with Gasteiger partial charge in [-0.25, -0.2) is 13.2 Å². The Morgan fingerprint density at radius 1 is 0.667 bits per heavy atom. The fourth-order valence-electron chi connectivity index (χ4n) is 5.24. The van der Waals surface area contributed by atoms with E-state index in [-0.39, 0.29) is 23.6 Å². The van der Waals surface area contributed by atoms with Crippen molar-refractivity contribution in [1.29, 1.82) is 0 Å². The van der Waals surface area contributed by atoms with Gasteiger partial charge in [-0.1, -0.05) is 101 Å². The van der Waals surface area contributed by atoms with Crippen molar-refractivity contribution >= 4 is 0 Å². The minimum atomic E-state index is -0.825. The van der Waals surface area contributed by atoms with Crippen molar-refractivity contribution < 1.29 is 22.6 Å². The van der Waals surface area contributed by atoms with Crippen LogP contribution in [-0.4, -0.2) is 19.5 Å². The molecule has 3 aromatic rings. The highest BCUT2D eigenvalue weighted by Gasteiger charge is 2.24. The van der Waals surface area contributed by atoms with Crippen LogP contribution in [0.4, 0.5) is 13.2 Å². The maximum atomic E-state index is 15.1. The molecule has 0 aliphatic carbocycles. The third kappa shape index (κ3) is 7.73. The second kappa shape index (κ2) is 14.7. The van der Waals surface area contributed by atoms with E-state index in [1.807, 2.05) is 6.07 Å². The Balaban J connectivity index is 1.39. The quantitative estimate of drug-likeness (QED) is 0.202. The molecule has 1 saturated heterocycles. The normalized spacial score (nSPS) is 17.5. The fourth-order valence-corrected chi connectivity index (χ4v) is 5.24. The highest BCUT2D eigenvalue weighted by molar-refractivity contribution is 5.71. The molecule has 3 aromatic carbocycles. The van der Waals surface area contributed by atoms with Crippen LogP contribution in [0.25, 0.3) is 22.3 Å². The molecule has 5 heteroatoms. The van der Waals surface area contributed by atoms with Crippen LogP contribution in [0.15, 0.2) is 54.6 Å². The van der Waals surface area contributed by atoms with Crippen LogP contribution in [-0.2, 0) is 15.9 Å². The molecule has 39 heavy (non-hydrogen) atoms. The van der Waals surface area contributed by atoms with Gasteiger partial charge >= 0.3 is 0 Å². The average Bonchev–Trinajstić information content (AvgIpc) is 2.96. The lowest BCUT2D eigenvalue weighted by Gasteiger charge is -2.30. The summed E-state index contributed by atoms with van der Waals surface area (Å²) >= 11 is 0. The van der Waals surface area contributed by atoms with E-state index in [0.29, 0.717) is 41.9 Å². The van der Waals surface area contributed by atoms with Crippen LogP contribution in [0.3, 0.4) is 0 Å². The Labute approximate surface area is 231 Å². The first-order valence-electron chi connectivity index (χ1n) is 14.6. The number of unbranched alkanes of at least 4 members (excludes halogenated alkanes) is 6. The number of ether oxygens (including phenoxy) is 2. The van der Waals surface area contributed by atoms with Crippen molar-refractivity contribution in [2.75, 3.05) is 13.2 Å². The first-order chi connectivity index (χ1) is 19.0. The van der Waals surface area contributed by atoms with Crippen LogP contribution in [0.1, 0.15) is 88.7 Å². The van der Waals surface area contributed by atoms with E-state index < -0.39 is 11.6 Å². The van der Waals surface area contributed by atoms with E-state index in [4.69, 9.17) is 9.47 Å². The van der Waals surface area contributed by atoms with Crippen LogP contribution in [0.2, 0.25) is 0 Å². The van der Waals surface area contributed by atoms with Gasteiger partial charge in [-0.05, 0) is 54.0 Å². The summed E-state index contributed by atoms with van der Waals surface area (Å²) < 4.78 is 56.5. The lowest BCUT2D eigenvalue weighted by Crippen LogP contribution is -2.30. The largest absolute Gasteiger partial charge is 0.352 e. The third-order valence-electron chi connectivity index (χ3n) is 7.69. The van der Waals surface area contributed by atoms with E-state index in [9.17, 15) is 8.78 Å². The highest BCUT2D eigenvalue weighted by atomic mass is 19.2. The van der Waals surface area contributed by atoms with Gasteiger partial charge in [0.1, 0.15) is 5.82 Å². The summed E-state index contributed by atoms with van der Waals surface area (Å²) in [5, 5.41) is 0. The molecule has 0 bridgehead atoms. The van der Waals surface area contributed by atoms with Gasteiger partial charge in [0, 0.05) is 17.0 Å². The molecule has 210 valence electrons. The monoisotopic (exact) mass is 538 g/mol. The Hall–Kier alpha value is -2.63. The van der Waals surface area contributed by atoms with Crippen molar-refractivity contribution in [1.82, 2.24) is 0 Å². The second-order valence-electron chi connectivity index (χ2n) is 10.7. The van der Waals surface area contributed by atoms with Gasteiger partial charge < -0.3 is 9.47 Å². The van der Waals surface area contributed by atoms with Crippen molar-refractivity contribution in [3.05, 3.63) is 83.2 Å². The minimum absolute atomic E-state index is 0.00413. The van der Waals surface area contributed by atoms with Crippen LogP contribution in [0.5, 0.6) is 0 Å². The number of halogens is 3. The van der Waals surface area contributed by atoms with Gasteiger partial charge in [0.2, 0.25) is 0 Å². The molecule has 2 nitrogen and oxygen atoms in total. The van der Waals surface area contributed by atoms with Crippen LogP contribution < -0.4 is 0 Å². The summed E-state index contributed by atoms with van der Waals surface area (Å²) in [6.45, 7) is 5.36. The van der Waals surface area contributed by atoms with Crippen molar-refractivity contribution in [2.45, 2.75) is 90.3 Å². The number of hydrogen-bond donors (Lipinski definition) is 0. The van der Waals surface area contributed by atoms with Gasteiger partial charge in [-0.3, -0.25) is 0 Å². The van der Waals surface area contributed by atoms with Gasteiger partial charge in [-0.15, -0.1) is 0 Å². The number of aryl methyl sites for hydroxylation is 1. The number of hydrogen-bond acceptors (Lipinski definition) is 2. The summed E-state index contributed by atoms with van der Waals surface area (Å²) in [5.74, 6) is -1.92. The van der Waals surface area contributed by atoms with E-state index in [0.717, 1.165) is 56.9 Å². The molecule has 0 unspecified atom stereocenters. The van der Waals surface area contributed by atoms with E-state index in [2.05, 4.69) is 13.8 Å². The zero-order valence-corrected chi connectivity index (χ0v) is 23.3. The van der Waals surface area contributed by atoms with Gasteiger partial charge in [-0.2, -0.15) is 0 Å². The van der Waals surface area contributed by atoms with Gasteiger partial charge in [0.05, 0.1) is 13.2 Å². The Morgan fingerprint density at radius 3 is 1.95 bits per heavy atom. The molecule has 0 atom stereocenters. The molecule has 0 N–H and O–H groups in total. The zero-order valence-electron chi connectivity index (χ0n) is 23.3. The van der Waals surface area contributed by atoms with Crippen molar-refractivity contribution in [3.63, 3.8) is 0 Å². The predicted molar refractivity (Wildman–Crippen MR) is 152 cm³/mol. The van der Waals surface area contributed by atoms with Crippen LogP contribution >= 0.6 is 0 Å². The summed E-state index contributed by atoms with van der Waals surface area (Å²) in [6, 6.07) is 15.5. The average molecular weight is 539 g/mol. The highest BCUT2D eigenvalue weighted by Crippen LogP contribution is 2.32.